The number of rotatable bonds is 3. The highest BCUT2D eigenvalue weighted by molar-refractivity contribution is 14.1. The van der Waals surface area contributed by atoms with Crippen LogP contribution in [0.25, 0.3) is 0 Å². The predicted molar refractivity (Wildman–Crippen MR) is 95.5 cm³/mol. The molecular formula is C14H10Br2INO2. The molecule has 3 nitrogen and oxygen atoms in total. The van der Waals surface area contributed by atoms with Crippen molar-refractivity contribution < 1.29 is 9.53 Å². The molecule has 0 saturated heterocycles. The van der Waals surface area contributed by atoms with Gasteiger partial charge in [0.05, 0.1) is 18.4 Å². The highest BCUT2D eigenvalue weighted by Crippen LogP contribution is 2.28. The number of methoxy groups -OCH3 is 1. The Balaban J connectivity index is 2.30. The Bertz CT molecular complexity index is 662. The number of amides is 1. The van der Waals surface area contributed by atoms with Crippen molar-refractivity contribution in [3.8, 4) is 5.75 Å². The lowest BCUT2D eigenvalue weighted by Crippen LogP contribution is -2.14. The van der Waals surface area contributed by atoms with Gasteiger partial charge in [0, 0.05) is 18.6 Å². The van der Waals surface area contributed by atoms with Crippen LogP contribution in [-0.2, 0) is 0 Å². The minimum absolute atomic E-state index is 0.162. The third-order valence-corrected chi connectivity index (χ3v) is 4.72. The van der Waals surface area contributed by atoms with Crippen molar-refractivity contribution in [1.29, 1.82) is 0 Å². The topological polar surface area (TPSA) is 38.3 Å². The second-order valence-electron chi connectivity index (χ2n) is 3.92. The standard InChI is InChI=1S/C14H10Br2INO2/c1-20-9-3-4-11(16)13(7-9)18-14(19)10-6-8(15)2-5-12(10)17/h2-7H,1H3,(H,18,19). The van der Waals surface area contributed by atoms with Crippen molar-refractivity contribution in [1.82, 2.24) is 0 Å². The molecule has 0 radical (unpaired) electrons. The van der Waals surface area contributed by atoms with Crippen LogP contribution in [0.4, 0.5) is 5.69 Å². The summed E-state index contributed by atoms with van der Waals surface area (Å²) in [4.78, 5) is 12.3. The van der Waals surface area contributed by atoms with E-state index in [1.54, 1.807) is 19.2 Å². The van der Waals surface area contributed by atoms with Crippen molar-refractivity contribution in [2.45, 2.75) is 0 Å². The van der Waals surface area contributed by atoms with Gasteiger partial charge in [-0.2, -0.15) is 0 Å². The molecule has 104 valence electrons. The van der Waals surface area contributed by atoms with Crippen molar-refractivity contribution >= 4 is 66.0 Å². The first kappa shape index (κ1) is 15.8. The maximum Gasteiger partial charge on any atom is 0.256 e. The number of benzene rings is 2. The van der Waals surface area contributed by atoms with Crippen LogP contribution in [-0.4, -0.2) is 13.0 Å². The lowest BCUT2D eigenvalue weighted by molar-refractivity contribution is 0.102. The number of carbonyl (C=O) groups is 1. The van der Waals surface area contributed by atoms with E-state index < -0.39 is 0 Å². The number of ether oxygens (including phenoxy) is 1. The van der Waals surface area contributed by atoms with Gasteiger partial charge in [-0.3, -0.25) is 4.79 Å². The van der Waals surface area contributed by atoms with Gasteiger partial charge in [-0.1, -0.05) is 15.9 Å². The summed E-state index contributed by atoms with van der Waals surface area (Å²) in [5, 5.41) is 2.88. The van der Waals surface area contributed by atoms with E-state index in [9.17, 15) is 4.79 Å². The van der Waals surface area contributed by atoms with E-state index in [1.165, 1.54) is 0 Å². The van der Waals surface area contributed by atoms with Crippen LogP contribution in [0.1, 0.15) is 10.4 Å². The molecule has 6 heteroatoms. The van der Waals surface area contributed by atoms with E-state index in [4.69, 9.17) is 4.74 Å². The Kier molecular flexibility index (Phi) is 5.45. The molecule has 0 aliphatic carbocycles. The maximum absolute atomic E-state index is 12.3. The van der Waals surface area contributed by atoms with E-state index in [2.05, 4.69) is 59.8 Å². The molecule has 0 bridgehead atoms. The molecule has 0 unspecified atom stereocenters. The Hall–Kier alpha value is -0.600. The van der Waals surface area contributed by atoms with Crippen LogP contribution < -0.4 is 10.1 Å². The summed E-state index contributed by atoms with van der Waals surface area (Å²) in [6, 6.07) is 11.0. The van der Waals surface area contributed by atoms with Gasteiger partial charge >= 0.3 is 0 Å². The molecule has 0 aromatic heterocycles. The fourth-order valence-corrected chi connectivity index (χ4v) is 2.88. The van der Waals surface area contributed by atoms with Crippen LogP contribution in [0.5, 0.6) is 5.75 Å². The summed E-state index contributed by atoms with van der Waals surface area (Å²) < 4.78 is 7.72. The van der Waals surface area contributed by atoms with Crippen molar-refractivity contribution in [3.63, 3.8) is 0 Å². The summed E-state index contributed by atoms with van der Waals surface area (Å²) in [6.07, 6.45) is 0. The predicted octanol–water partition coefficient (Wildman–Crippen LogP) is 5.08. The zero-order valence-corrected chi connectivity index (χ0v) is 15.7. The third-order valence-electron chi connectivity index (χ3n) is 2.59. The van der Waals surface area contributed by atoms with Gasteiger partial charge < -0.3 is 10.1 Å². The average molecular weight is 511 g/mol. The van der Waals surface area contributed by atoms with Gasteiger partial charge in [0.25, 0.3) is 5.91 Å². The second kappa shape index (κ2) is 6.91. The summed E-state index contributed by atoms with van der Waals surface area (Å²) in [7, 11) is 1.59. The molecule has 0 aliphatic rings. The summed E-state index contributed by atoms with van der Waals surface area (Å²) in [5.74, 6) is 0.525. The van der Waals surface area contributed by atoms with E-state index in [0.717, 1.165) is 12.5 Å². The minimum Gasteiger partial charge on any atom is -0.497 e. The van der Waals surface area contributed by atoms with Crippen LogP contribution in [0.2, 0.25) is 0 Å². The van der Waals surface area contributed by atoms with Crippen LogP contribution in [0, 0.1) is 3.57 Å². The van der Waals surface area contributed by atoms with Crippen molar-refractivity contribution in [2.75, 3.05) is 12.4 Å². The first-order chi connectivity index (χ1) is 9.51. The number of hydrogen-bond acceptors (Lipinski definition) is 2. The lowest BCUT2D eigenvalue weighted by Gasteiger charge is -2.10. The number of nitrogens with one attached hydrogen (secondary N) is 1. The largest absolute Gasteiger partial charge is 0.497 e. The molecule has 0 atom stereocenters. The number of halogens is 3. The quantitative estimate of drug-likeness (QED) is 0.585. The molecule has 0 aliphatic heterocycles. The van der Waals surface area contributed by atoms with Gasteiger partial charge in [0.15, 0.2) is 0 Å². The molecule has 2 rings (SSSR count). The fourth-order valence-electron chi connectivity index (χ4n) is 1.59. The molecule has 2 aromatic carbocycles. The summed E-state index contributed by atoms with van der Waals surface area (Å²) >= 11 is 8.93. The third kappa shape index (κ3) is 3.73. The van der Waals surface area contributed by atoms with Crippen LogP contribution in [0.3, 0.4) is 0 Å². The number of hydrogen-bond donors (Lipinski definition) is 1. The second-order valence-corrected chi connectivity index (χ2v) is 6.86. The summed E-state index contributed by atoms with van der Waals surface area (Å²) in [6.45, 7) is 0. The summed E-state index contributed by atoms with van der Waals surface area (Å²) in [5.41, 5.74) is 1.29. The van der Waals surface area contributed by atoms with Crippen molar-refractivity contribution in [2.24, 2.45) is 0 Å². The average Bonchev–Trinajstić information content (AvgIpc) is 2.43. The van der Waals surface area contributed by atoms with Crippen molar-refractivity contribution in [3.05, 3.63) is 54.5 Å². The molecule has 20 heavy (non-hydrogen) atoms. The Morgan fingerprint density at radius 2 is 1.95 bits per heavy atom. The Morgan fingerprint density at radius 3 is 2.65 bits per heavy atom. The SMILES string of the molecule is COc1ccc(Br)c(NC(=O)c2cc(Br)ccc2I)c1. The molecule has 2 aromatic rings. The van der Waals surface area contributed by atoms with Gasteiger partial charge in [-0.05, 0) is 68.9 Å². The van der Waals surface area contributed by atoms with Crippen LogP contribution in [0.15, 0.2) is 45.3 Å². The van der Waals surface area contributed by atoms with E-state index in [1.807, 2.05) is 24.3 Å². The molecule has 0 heterocycles. The van der Waals surface area contributed by atoms with Gasteiger partial charge in [-0.25, -0.2) is 0 Å². The Morgan fingerprint density at radius 1 is 1.20 bits per heavy atom. The zero-order chi connectivity index (χ0) is 14.7. The minimum atomic E-state index is -0.162. The first-order valence-corrected chi connectivity index (χ1v) is 8.27. The van der Waals surface area contributed by atoms with Gasteiger partial charge in [-0.15, -0.1) is 0 Å². The maximum atomic E-state index is 12.3. The first-order valence-electron chi connectivity index (χ1n) is 5.61. The van der Waals surface area contributed by atoms with Gasteiger partial charge in [0.2, 0.25) is 0 Å². The molecule has 0 saturated carbocycles. The Labute approximate surface area is 147 Å². The molecule has 1 amide bonds. The van der Waals surface area contributed by atoms with Crippen LogP contribution >= 0.6 is 54.5 Å². The molecule has 0 fully saturated rings. The molecule has 1 N–H and O–H groups in total. The number of anilines is 1. The smallest absolute Gasteiger partial charge is 0.256 e. The number of carbonyl (C=O) groups excluding carboxylic acids is 1. The fraction of sp³-hybridized carbons (Fsp3) is 0.0714. The normalized spacial score (nSPS) is 10.2. The zero-order valence-electron chi connectivity index (χ0n) is 10.4. The van der Waals surface area contributed by atoms with E-state index in [-0.39, 0.29) is 5.91 Å². The van der Waals surface area contributed by atoms with E-state index in [0.29, 0.717) is 17.0 Å². The molecule has 0 spiro atoms. The monoisotopic (exact) mass is 509 g/mol. The molecular weight excluding hydrogens is 501 g/mol. The van der Waals surface area contributed by atoms with E-state index >= 15 is 0 Å². The highest BCUT2D eigenvalue weighted by Gasteiger charge is 2.12. The lowest BCUT2D eigenvalue weighted by atomic mass is 10.2. The van der Waals surface area contributed by atoms with Gasteiger partial charge in [0.1, 0.15) is 5.75 Å². The highest BCUT2D eigenvalue weighted by atomic mass is 127.